The van der Waals surface area contributed by atoms with Crippen molar-refractivity contribution in [3.63, 3.8) is 0 Å². The first kappa shape index (κ1) is 12.3. The van der Waals surface area contributed by atoms with Crippen LogP contribution in [0.2, 0.25) is 5.15 Å². The Morgan fingerprint density at radius 2 is 2.26 bits per heavy atom. The monoisotopic (exact) mass is 281 g/mol. The lowest BCUT2D eigenvalue weighted by molar-refractivity contribution is -0.130. The number of likely N-dealkylation sites (tertiary alicyclic amines) is 1. The Bertz CT molecular complexity index is 629. The largest absolute Gasteiger partial charge is 0.395 e. The van der Waals surface area contributed by atoms with E-state index >= 15 is 0 Å². The first-order valence-electron chi connectivity index (χ1n) is 5.95. The number of rotatable bonds is 3. The van der Waals surface area contributed by atoms with Gasteiger partial charge in [-0.1, -0.05) is 11.6 Å². The van der Waals surface area contributed by atoms with Crippen molar-refractivity contribution in [2.75, 3.05) is 19.7 Å². The fraction of sp³-hybridized carbons (Fsp3) is 0.455. The molecule has 2 aromatic heterocycles. The molecule has 3 heterocycles. The van der Waals surface area contributed by atoms with Crippen molar-refractivity contribution in [2.24, 2.45) is 0 Å². The summed E-state index contributed by atoms with van der Waals surface area (Å²) in [6, 6.07) is -0.331. The summed E-state index contributed by atoms with van der Waals surface area (Å²) in [6.45, 7) is 0.956. The van der Waals surface area contributed by atoms with Crippen molar-refractivity contribution in [3.8, 4) is 0 Å². The Balaban J connectivity index is 1.98. The molecule has 2 aromatic rings. The van der Waals surface area contributed by atoms with Crippen LogP contribution in [0.3, 0.4) is 0 Å². The molecule has 0 radical (unpaired) electrons. The topological polar surface area (TPSA) is 84.1 Å². The van der Waals surface area contributed by atoms with Gasteiger partial charge in [-0.2, -0.15) is 0 Å². The van der Waals surface area contributed by atoms with Crippen LogP contribution in [-0.4, -0.2) is 55.1 Å². The number of fused-ring (bicyclic) bond motifs is 1. The molecule has 3 rings (SSSR count). The zero-order valence-corrected chi connectivity index (χ0v) is 10.8. The van der Waals surface area contributed by atoms with E-state index in [9.17, 15) is 4.79 Å². The Hall–Kier alpha value is -1.73. The fourth-order valence-corrected chi connectivity index (χ4v) is 2.55. The lowest BCUT2D eigenvalue weighted by atomic mass is 10.2. The summed E-state index contributed by atoms with van der Waals surface area (Å²) in [5.41, 5.74) is 1.06. The average Bonchev–Trinajstić information content (AvgIpc) is 2.96. The smallest absolute Gasteiger partial charge is 0.245 e. The number of aliphatic hydroxyl groups is 1. The van der Waals surface area contributed by atoms with Crippen LogP contribution in [0.15, 0.2) is 12.7 Å². The standard InChI is InChI=1S/C11H12ClN5O2/c12-9-8-10(14-5-13-9)17(6-15-8)7-1-2-16(3-4-18)11(7)19/h5-7,18H,1-4H2. The van der Waals surface area contributed by atoms with E-state index in [1.165, 1.54) is 6.33 Å². The van der Waals surface area contributed by atoms with Crippen molar-refractivity contribution in [1.29, 1.82) is 0 Å². The van der Waals surface area contributed by atoms with Crippen LogP contribution in [0.25, 0.3) is 11.2 Å². The Kier molecular flexibility index (Phi) is 3.08. The molecule has 1 atom stereocenters. The number of nitrogens with zero attached hydrogens (tertiary/aromatic N) is 5. The zero-order chi connectivity index (χ0) is 13.4. The molecule has 0 bridgehead atoms. The summed E-state index contributed by atoms with van der Waals surface area (Å²) in [5, 5.41) is 9.20. The Morgan fingerprint density at radius 1 is 1.42 bits per heavy atom. The highest BCUT2D eigenvalue weighted by Crippen LogP contribution is 2.27. The Labute approximate surface area is 113 Å². The number of carbonyl (C=O) groups excluding carboxylic acids is 1. The van der Waals surface area contributed by atoms with Gasteiger partial charge in [0.25, 0.3) is 0 Å². The number of imidazole rings is 1. The van der Waals surface area contributed by atoms with E-state index in [4.69, 9.17) is 16.7 Å². The number of hydrogen-bond donors (Lipinski definition) is 1. The minimum Gasteiger partial charge on any atom is -0.395 e. The van der Waals surface area contributed by atoms with Crippen LogP contribution >= 0.6 is 11.6 Å². The lowest BCUT2D eigenvalue weighted by Gasteiger charge is -2.15. The molecule has 1 amide bonds. The molecule has 19 heavy (non-hydrogen) atoms. The molecule has 1 aliphatic rings. The quantitative estimate of drug-likeness (QED) is 0.815. The van der Waals surface area contributed by atoms with Crippen LogP contribution in [0.5, 0.6) is 0 Å². The highest BCUT2D eigenvalue weighted by atomic mass is 35.5. The first-order valence-corrected chi connectivity index (χ1v) is 6.33. The third-order valence-corrected chi connectivity index (χ3v) is 3.57. The molecule has 100 valence electrons. The second kappa shape index (κ2) is 4.75. The van der Waals surface area contributed by atoms with Crippen LogP contribution in [0.4, 0.5) is 0 Å². The maximum absolute atomic E-state index is 12.2. The lowest BCUT2D eigenvalue weighted by Crippen LogP contribution is -2.30. The molecule has 0 spiro atoms. The van der Waals surface area contributed by atoms with Gasteiger partial charge in [0.1, 0.15) is 17.9 Å². The van der Waals surface area contributed by atoms with E-state index in [1.54, 1.807) is 15.8 Å². The molecule has 1 saturated heterocycles. The molecule has 0 aliphatic carbocycles. The van der Waals surface area contributed by atoms with E-state index < -0.39 is 0 Å². The van der Waals surface area contributed by atoms with Gasteiger partial charge in [-0.3, -0.25) is 4.79 Å². The first-order chi connectivity index (χ1) is 9.22. The molecule has 1 fully saturated rings. The van der Waals surface area contributed by atoms with Crippen molar-refractivity contribution in [3.05, 3.63) is 17.8 Å². The molecule has 0 saturated carbocycles. The van der Waals surface area contributed by atoms with Gasteiger partial charge in [0.05, 0.1) is 12.9 Å². The predicted molar refractivity (Wildman–Crippen MR) is 67.7 cm³/mol. The zero-order valence-electron chi connectivity index (χ0n) is 10.0. The number of halogens is 1. The molecular weight excluding hydrogens is 270 g/mol. The summed E-state index contributed by atoms with van der Waals surface area (Å²) in [4.78, 5) is 26.0. The summed E-state index contributed by atoms with van der Waals surface area (Å²) in [6.07, 6.45) is 3.59. The minimum absolute atomic E-state index is 0.0249. The normalized spacial score (nSPS) is 19.6. The number of aromatic nitrogens is 4. The van der Waals surface area contributed by atoms with Crippen molar-refractivity contribution < 1.29 is 9.90 Å². The van der Waals surface area contributed by atoms with Gasteiger partial charge in [-0.25, -0.2) is 15.0 Å². The summed E-state index contributed by atoms with van der Waals surface area (Å²) in [5.74, 6) is -0.0249. The van der Waals surface area contributed by atoms with Gasteiger partial charge in [0.15, 0.2) is 10.8 Å². The number of carbonyl (C=O) groups is 1. The average molecular weight is 282 g/mol. The second-order valence-corrected chi connectivity index (χ2v) is 4.70. The molecule has 1 aliphatic heterocycles. The maximum atomic E-state index is 12.2. The predicted octanol–water partition coefficient (Wildman–Crippen LogP) is 0.245. The van der Waals surface area contributed by atoms with Crippen LogP contribution in [0.1, 0.15) is 12.5 Å². The van der Waals surface area contributed by atoms with Crippen molar-refractivity contribution >= 4 is 28.7 Å². The van der Waals surface area contributed by atoms with Crippen LogP contribution in [-0.2, 0) is 4.79 Å². The van der Waals surface area contributed by atoms with Gasteiger partial charge in [-0.05, 0) is 6.42 Å². The molecule has 0 aromatic carbocycles. The van der Waals surface area contributed by atoms with Gasteiger partial charge in [0, 0.05) is 13.1 Å². The summed E-state index contributed by atoms with van der Waals surface area (Å²) < 4.78 is 1.72. The number of hydrogen-bond acceptors (Lipinski definition) is 5. The van der Waals surface area contributed by atoms with Gasteiger partial charge in [0.2, 0.25) is 5.91 Å². The van der Waals surface area contributed by atoms with E-state index in [-0.39, 0.29) is 23.7 Å². The van der Waals surface area contributed by atoms with Gasteiger partial charge in [-0.15, -0.1) is 0 Å². The number of β-amino-alcohol motifs (C(OH)–C–C–N with tert-alkyl or cyclic N) is 1. The van der Waals surface area contributed by atoms with Crippen molar-refractivity contribution in [2.45, 2.75) is 12.5 Å². The summed E-state index contributed by atoms with van der Waals surface area (Å²) >= 11 is 5.94. The van der Waals surface area contributed by atoms with E-state index in [0.29, 0.717) is 30.7 Å². The van der Waals surface area contributed by atoms with Gasteiger partial charge >= 0.3 is 0 Å². The Morgan fingerprint density at radius 3 is 3.05 bits per heavy atom. The molecule has 8 heteroatoms. The van der Waals surface area contributed by atoms with Crippen LogP contribution < -0.4 is 0 Å². The summed E-state index contributed by atoms with van der Waals surface area (Å²) in [7, 11) is 0. The molecule has 1 N–H and O–H groups in total. The van der Waals surface area contributed by atoms with E-state index in [1.807, 2.05) is 0 Å². The third kappa shape index (κ3) is 1.95. The molecular formula is C11H12ClN5O2. The third-order valence-electron chi connectivity index (χ3n) is 3.29. The number of aliphatic hydroxyl groups excluding tert-OH is 1. The van der Waals surface area contributed by atoms with Gasteiger partial charge < -0.3 is 14.6 Å². The van der Waals surface area contributed by atoms with Crippen molar-refractivity contribution in [1.82, 2.24) is 24.4 Å². The van der Waals surface area contributed by atoms with Crippen LogP contribution in [0, 0.1) is 0 Å². The highest BCUT2D eigenvalue weighted by molar-refractivity contribution is 6.33. The second-order valence-electron chi connectivity index (χ2n) is 4.34. The van der Waals surface area contributed by atoms with E-state index in [0.717, 1.165) is 0 Å². The highest BCUT2D eigenvalue weighted by Gasteiger charge is 2.33. The van der Waals surface area contributed by atoms with E-state index in [2.05, 4.69) is 15.0 Å². The molecule has 1 unspecified atom stereocenters. The number of amides is 1. The maximum Gasteiger partial charge on any atom is 0.245 e. The minimum atomic E-state index is -0.331. The molecule has 7 nitrogen and oxygen atoms in total. The fourth-order valence-electron chi connectivity index (χ4n) is 2.37. The SMILES string of the molecule is O=C1C(n2cnc3c(Cl)ncnc32)CCN1CCO.